The molecule has 0 saturated heterocycles. The van der Waals surface area contributed by atoms with Gasteiger partial charge in [0.1, 0.15) is 6.29 Å². The molecule has 1 aliphatic carbocycles. The molecule has 0 aliphatic heterocycles. The first-order chi connectivity index (χ1) is 17.6. The molecule has 1 aliphatic rings. The van der Waals surface area contributed by atoms with E-state index in [2.05, 4.69) is 28.2 Å². The molecule has 1 fully saturated rings. The van der Waals surface area contributed by atoms with Gasteiger partial charge in [-0.3, -0.25) is 4.79 Å². The predicted octanol–water partition coefficient (Wildman–Crippen LogP) is 6.04. The molecule has 36 heavy (non-hydrogen) atoms. The number of hydrogen-bond donors (Lipinski definition) is 2. The van der Waals surface area contributed by atoms with E-state index in [0.29, 0.717) is 24.3 Å². The maximum absolute atomic E-state index is 11.1. The van der Waals surface area contributed by atoms with Crippen LogP contribution in [0.2, 0.25) is 0 Å². The van der Waals surface area contributed by atoms with Crippen LogP contribution in [-0.4, -0.2) is 30.8 Å². The number of carbonyl (C=O) groups excluding carboxylic acids is 1. The van der Waals surface area contributed by atoms with Crippen LogP contribution in [0.1, 0.15) is 68.2 Å². The molecule has 1 saturated carbocycles. The molecule has 2 unspecified atom stereocenters. The van der Waals surface area contributed by atoms with Crippen LogP contribution in [0, 0.1) is 0 Å². The van der Waals surface area contributed by atoms with Crippen molar-refractivity contribution in [3.05, 3.63) is 97.9 Å². The molecular weight excluding hydrogens is 511 g/mol. The highest BCUT2D eigenvalue weighted by Gasteiger charge is 2.28. The number of aromatic nitrogens is 2. The maximum Gasteiger partial charge on any atom is 0.183 e. The van der Waals surface area contributed by atoms with E-state index < -0.39 is 11.1 Å². The van der Waals surface area contributed by atoms with Crippen LogP contribution in [-0.2, 0) is 30.3 Å². The third-order valence-corrected chi connectivity index (χ3v) is 8.57. The lowest BCUT2D eigenvalue weighted by molar-refractivity contribution is 0.112. The van der Waals surface area contributed by atoms with Crippen molar-refractivity contribution in [3.8, 4) is 0 Å². The van der Waals surface area contributed by atoms with Crippen LogP contribution in [0.5, 0.6) is 0 Å². The van der Waals surface area contributed by atoms with Gasteiger partial charge < -0.3 is 9.87 Å². The van der Waals surface area contributed by atoms with Gasteiger partial charge in [0.15, 0.2) is 16.2 Å². The van der Waals surface area contributed by atoms with Crippen molar-refractivity contribution in [2.45, 2.75) is 44.1 Å². The fraction of sp³-hybridized carbons (Fsp3) is 0.296. The summed E-state index contributed by atoms with van der Waals surface area (Å²) in [5.41, 5.74) is 5.96. The summed E-state index contributed by atoms with van der Waals surface area (Å²) in [6.07, 6.45) is 5.34. The number of hydrogen-bond acceptors (Lipinski definition) is 7. The Morgan fingerprint density at radius 1 is 1.06 bits per heavy atom. The molecule has 0 radical (unpaired) electrons. The van der Waals surface area contributed by atoms with Crippen LogP contribution >= 0.6 is 22.7 Å². The highest BCUT2D eigenvalue weighted by Crippen LogP contribution is 2.42. The number of benzene rings is 2. The smallest absolute Gasteiger partial charge is 0.183 e. The maximum atomic E-state index is 11.1. The lowest BCUT2D eigenvalue weighted by Gasteiger charge is -2.17. The molecule has 2 atom stereocenters. The lowest BCUT2D eigenvalue weighted by Crippen LogP contribution is -2.14. The minimum Gasteiger partial charge on any atom is -0.353 e. The van der Waals surface area contributed by atoms with Crippen LogP contribution in [0.4, 0.5) is 5.13 Å². The Balaban J connectivity index is 1.31. The van der Waals surface area contributed by atoms with Crippen LogP contribution < -0.4 is 5.32 Å². The van der Waals surface area contributed by atoms with Gasteiger partial charge in [-0.25, -0.2) is 14.2 Å². The summed E-state index contributed by atoms with van der Waals surface area (Å²) in [5.74, 6) is 0.868. The van der Waals surface area contributed by atoms with E-state index in [-0.39, 0.29) is 11.8 Å². The first-order valence-electron chi connectivity index (χ1n) is 11.9. The normalized spacial score (nSPS) is 14.9. The highest BCUT2D eigenvalue weighted by atomic mass is 32.2. The summed E-state index contributed by atoms with van der Waals surface area (Å²) < 4.78 is 20.0. The van der Waals surface area contributed by atoms with Gasteiger partial charge in [0.05, 0.1) is 28.2 Å². The van der Waals surface area contributed by atoms with Gasteiger partial charge in [0, 0.05) is 28.7 Å². The fourth-order valence-corrected chi connectivity index (χ4v) is 6.30. The van der Waals surface area contributed by atoms with Crippen molar-refractivity contribution in [2.24, 2.45) is 0 Å². The summed E-state index contributed by atoms with van der Waals surface area (Å²) in [4.78, 5) is 20.9. The van der Waals surface area contributed by atoms with Crippen molar-refractivity contribution in [3.63, 3.8) is 0 Å². The third kappa shape index (κ3) is 6.73. The van der Waals surface area contributed by atoms with Gasteiger partial charge in [-0.1, -0.05) is 42.5 Å². The predicted molar refractivity (Wildman–Crippen MR) is 147 cm³/mol. The molecule has 9 heteroatoms. The Labute approximate surface area is 221 Å². The molecule has 5 rings (SSSR count). The average Bonchev–Trinajstić information content (AvgIpc) is 3.45. The Morgan fingerprint density at radius 2 is 1.86 bits per heavy atom. The minimum atomic E-state index is -1.78. The standard InChI is InChI=1S/C27H27N3O3S3/c31-15-21-3-1-2-20(12-21)13-23-16-35-27(28-23)30-24(25-17-34-26(29-25)22-8-9-22)14-19-6-4-18(5-7-19)10-11-36(32)33/h1-7,12,15-17,22,24H,8-11,13-14H2,(H,28,30)(H,32,33). The molecule has 2 aromatic heterocycles. The summed E-state index contributed by atoms with van der Waals surface area (Å²) in [7, 11) is 0. The lowest BCUT2D eigenvalue weighted by atomic mass is 10.0. The second-order valence-electron chi connectivity index (χ2n) is 9.06. The van der Waals surface area contributed by atoms with Gasteiger partial charge in [0.25, 0.3) is 0 Å². The van der Waals surface area contributed by atoms with Gasteiger partial charge in [-0.2, -0.15) is 0 Å². The highest BCUT2D eigenvalue weighted by molar-refractivity contribution is 7.79. The van der Waals surface area contributed by atoms with Gasteiger partial charge in [0.2, 0.25) is 0 Å². The molecule has 2 heterocycles. The molecule has 0 amide bonds. The Bertz CT molecular complexity index is 1350. The van der Waals surface area contributed by atoms with Gasteiger partial charge in [-0.15, -0.1) is 22.7 Å². The van der Waals surface area contributed by atoms with E-state index in [1.54, 1.807) is 28.7 Å². The number of nitrogens with one attached hydrogen (secondary N) is 1. The van der Waals surface area contributed by atoms with E-state index >= 15 is 0 Å². The monoisotopic (exact) mass is 537 g/mol. The van der Waals surface area contributed by atoms with Crippen molar-refractivity contribution in [2.75, 3.05) is 11.1 Å². The summed E-state index contributed by atoms with van der Waals surface area (Å²) >= 11 is 1.55. The first-order valence-corrected chi connectivity index (χ1v) is 14.9. The van der Waals surface area contributed by atoms with E-state index in [0.717, 1.165) is 40.4 Å². The van der Waals surface area contributed by atoms with E-state index in [9.17, 15) is 9.00 Å². The number of thiazole rings is 2. The number of aldehydes is 1. The first kappa shape index (κ1) is 25.0. The molecule has 4 aromatic rings. The molecule has 0 spiro atoms. The molecule has 2 aromatic carbocycles. The summed E-state index contributed by atoms with van der Waals surface area (Å²) in [5, 5.41) is 9.92. The van der Waals surface area contributed by atoms with Crippen LogP contribution in [0.15, 0.2) is 59.3 Å². The second-order valence-corrected chi connectivity index (χ2v) is 11.9. The zero-order chi connectivity index (χ0) is 24.9. The number of rotatable bonds is 12. The summed E-state index contributed by atoms with van der Waals surface area (Å²) in [6.45, 7) is 0. The average molecular weight is 538 g/mol. The number of carbonyl (C=O) groups is 1. The largest absolute Gasteiger partial charge is 0.353 e. The Morgan fingerprint density at radius 3 is 2.61 bits per heavy atom. The topological polar surface area (TPSA) is 92.2 Å². The Hall–Kier alpha value is -2.72. The number of aryl methyl sites for hydroxylation is 1. The van der Waals surface area contributed by atoms with Crippen molar-refractivity contribution in [1.29, 1.82) is 0 Å². The van der Waals surface area contributed by atoms with E-state index in [1.807, 2.05) is 30.3 Å². The molecule has 6 nitrogen and oxygen atoms in total. The minimum absolute atomic E-state index is 0.0121. The third-order valence-electron chi connectivity index (χ3n) is 6.17. The zero-order valence-corrected chi connectivity index (χ0v) is 22.1. The van der Waals surface area contributed by atoms with Crippen molar-refractivity contribution < 1.29 is 13.6 Å². The molecule has 0 bridgehead atoms. The van der Waals surface area contributed by atoms with E-state index in [1.165, 1.54) is 23.4 Å². The van der Waals surface area contributed by atoms with Crippen LogP contribution in [0.3, 0.4) is 0 Å². The van der Waals surface area contributed by atoms with Gasteiger partial charge in [-0.05, 0) is 48.4 Å². The Kier molecular flexibility index (Phi) is 8.01. The summed E-state index contributed by atoms with van der Waals surface area (Å²) in [6, 6.07) is 15.8. The SMILES string of the molecule is O=Cc1cccc(Cc2csc(NC(Cc3ccc(CCS(=O)O)cc3)c3csc(C4CC4)n3)n2)c1. The zero-order valence-electron chi connectivity index (χ0n) is 19.6. The number of nitrogens with zero attached hydrogens (tertiary/aromatic N) is 2. The van der Waals surface area contributed by atoms with E-state index in [4.69, 9.17) is 14.5 Å². The second kappa shape index (κ2) is 11.6. The van der Waals surface area contributed by atoms with Gasteiger partial charge >= 0.3 is 0 Å². The fourth-order valence-electron chi connectivity index (χ4n) is 4.08. The van der Waals surface area contributed by atoms with Crippen LogP contribution in [0.25, 0.3) is 0 Å². The van der Waals surface area contributed by atoms with Crippen molar-refractivity contribution >= 4 is 45.2 Å². The quantitative estimate of drug-likeness (QED) is 0.169. The molecule has 2 N–H and O–H groups in total. The molecule has 186 valence electrons. The molecular formula is C27H27N3O3S3. The van der Waals surface area contributed by atoms with Crippen molar-refractivity contribution in [1.82, 2.24) is 9.97 Å². The number of anilines is 1.